The van der Waals surface area contributed by atoms with Gasteiger partial charge in [-0.05, 0) is 194 Å². The molecule has 10 heteroatoms. The third-order valence-electron chi connectivity index (χ3n) is 12.7. The van der Waals surface area contributed by atoms with E-state index in [2.05, 4.69) is 55.7 Å². The number of aryl methyl sites for hydroxylation is 2. The van der Waals surface area contributed by atoms with Crippen LogP contribution in [0.4, 0.5) is 0 Å². The number of rotatable bonds is 22. The van der Waals surface area contributed by atoms with Gasteiger partial charge >= 0.3 is 0 Å². The molecule has 0 bridgehead atoms. The monoisotopic (exact) mass is 836 g/mol. The predicted molar refractivity (Wildman–Crippen MR) is 247 cm³/mol. The number of halogens is 1. The van der Waals surface area contributed by atoms with E-state index in [1.807, 2.05) is 32.0 Å². The van der Waals surface area contributed by atoms with Crippen molar-refractivity contribution in [3.63, 3.8) is 0 Å². The van der Waals surface area contributed by atoms with Gasteiger partial charge in [0, 0.05) is 39.1 Å². The summed E-state index contributed by atoms with van der Waals surface area (Å²) in [6, 6.07) is 11.7. The van der Waals surface area contributed by atoms with Crippen molar-refractivity contribution >= 4 is 88.4 Å². The summed E-state index contributed by atoms with van der Waals surface area (Å²) >= 11 is 0. The highest BCUT2D eigenvalue weighted by Gasteiger charge is 2.39. The van der Waals surface area contributed by atoms with Crippen LogP contribution in [0.3, 0.4) is 0 Å². The molecule has 0 aromatic heterocycles. The third-order valence-corrected chi connectivity index (χ3v) is 13.3. The number of benzene rings is 5. The van der Waals surface area contributed by atoms with Crippen LogP contribution >= 0.6 is 21.7 Å². The Morgan fingerprint density at radius 1 is 0.525 bits per heavy atom. The molecule has 0 atom stereocenters. The summed E-state index contributed by atoms with van der Waals surface area (Å²) in [6.07, 6.45) is 11.3. The summed E-state index contributed by atoms with van der Waals surface area (Å²) in [5.74, 6) is -1.12. The van der Waals surface area contributed by atoms with Gasteiger partial charge in [-0.3, -0.25) is 29.0 Å². The lowest BCUT2D eigenvalue weighted by molar-refractivity contribution is 0.0561. The van der Waals surface area contributed by atoms with E-state index >= 15 is 0 Å². The Bertz CT molecular complexity index is 2390. The highest BCUT2D eigenvalue weighted by atomic mass is 35.7. The molecule has 59 heavy (non-hydrogen) atoms. The van der Waals surface area contributed by atoms with Crippen molar-refractivity contribution in [3.8, 4) is 0 Å². The van der Waals surface area contributed by atoms with Gasteiger partial charge in [0.2, 0.25) is 0 Å². The minimum absolute atomic E-state index is 0.0588. The van der Waals surface area contributed by atoms with Gasteiger partial charge in [0.25, 0.3) is 23.6 Å². The molecule has 0 unspecified atom stereocenters. The minimum atomic E-state index is -0.340. The molecule has 0 spiro atoms. The number of carbonyl (C=O) groups excluding carboxylic acids is 4. The number of amides is 4. The lowest BCUT2D eigenvalue weighted by Crippen LogP contribution is -2.44. The predicted octanol–water partition coefficient (Wildman–Crippen LogP) is 11.5. The maximum atomic E-state index is 14.5. The summed E-state index contributed by atoms with van der Waals surface area (Å²) in [5, 5.41) is 7.23. The van der Waals surface area contributed by atoms with Gasteiger partial charge < -0.3 is 9.80 Å². The molecule has 7 rings (SSSR count). The molecule has 0 fully saturated rings. The summed E-state index contributed by atoms with van der Waals surface area (Å²) in [6.45, 7) is 18.9. The highest BCUT2D eigenvalue weighted by molar-refractivity contribution is 8.21. The first kappa shape index (κ1) is 43.3. The molecule has 0 radical (unpaired) electrons. The average molecular weight is 838 g/mol. The van der Waals surface area contributed by atoms with Crippen LogP contribution < -0.4 is 0 Å². The highest BCUT2D eigenvalue weighted by Crippen LogP contribution is 2.49. The van der Waals surface area contributed by atoms with Crippen LogP contribution in [0.25, 0.3) is 43.1 Å². The number of fused-ring (bicyclic) bond motifs is 2. The first-order valence-corrected chi connectivity index (χ1v) is 24.1. The number of hydrogen-bond donors (Lipinski definition) is 0. The molecule has 8 nitrogen and oxygen atoms in total. The van der Waals surface area contributed by atoms with Crippen LogP contribution in [-0.4, -0.2) is 94.4 Å². The SMILES string of the molecule is CCCCN(CCC)CCCc1cc2c3c(ccc4c5c(CCCN(CCCC)CCCC)cc6c7c(ccc(c1c34)c75)C(=O)N(C(C)C)C6=O)C(=O)N(CSCl)C2=O. The molecule has 5 aromatic rings. The molecule has 2 heterocycles. The van der Waals surface area contributed by atoms with Crippen LogP contribution in [0, 0.1) is 0 Å². The van der Waals surface area contributed by atoms with Crippen molar-refractivity contribution in [1.82, 2.24) is 19.6 Å². The smallest absolute Gasteiger partial charge is 0.262 e. The fourth-order valence-corrected chi connectivity index (χ4v) is 10.5. The topological polar surface area (TPSA) is 81.2 Å². The van der Waals surface area contributed by atoms with Gasteiger partial charge in [-0.15, -0.1) is 0 Å². The Labute approximate surface area is 358 Å². The molecule has 0 saturated carbocycles. The van der Waals surface area contributed by atoms with Crippen LogP contribution in [0.2, 0.25) is 0 Å². The fraction of sp³-hybridized carbons (Fsp3) is 0.510. The summed E-state index contributed by atoms with van der Waals surface area (Å²) in [5.41, 5.74) is 4.28. The molecular formula is C49H61ClN4O4S. The standard InChI is InChI=1S/C49H61ClN4O4S/c1-7-11-23-51(22-10-4)26-14-16-32-28-38-42-36(46(55)53(30-59-50)47(38)56)20-18-34-41-33(17-15-27-52(24-12-8-2)25-13-9-3)29-39-43-37(48(57)54(31(5)6)49(39)58)21-19-35(45(41)43)40(32)44(34)42/h18-21,28-29,31H,7-17,22-27,30H2,1-6H3. The Kier molecular flexibility index (Phi) is 13.9. The number of imide groups is 2. The lowest BCUT2D eigenvalue weighted by Gasteiger charge is -2.33. The van der Waals surface area contributed by atoms with Gasteiger partial charge in [0.05, 0.1) is 5.88 Å². The molecule has 314 valence electrons. The second kappa shape index (κ2) is 18.9. The zero-order chi connectivity index (χ0) is 42.0. The van der Waals surface area contributed by atoms with E-state index in [4.69, 9.17) is 10.7 Å². The van der Waals surface area contributed by atoms with Gasteiger partial charge in [0.1, 0.15) is 0 Å². The largest absolute Gasteiger partial charge is 0.303 e. The maximum Gasteiger partial charge on any atom is 0.262 e. The molecule has 5 aromatic carbocycles. The van der Waals surface area contributed by atoms with Crippen molar-refractivity contribution in [3.05, 3.63) is 69.8 Å². The molecule has 0 N–H and O–H groups in total. The van der Waals surface area contributed by atoms with E-state index in [1.165, 1.54) is 9.80 Å². The van der Waals surface area contributed by atoms with Crippen LogP contribution in [0.5, 0.6) is 0 Å². The zero-order valence-electron chi connectivity index (χ0n) is 36.0. The molecule has 0 aliphatic carbocycles. The van der Waals surface area contributed by atoms with E-state index in [1.54, 1.807) is 0 Å². The van der Waals surface area contributed by atoms with E-state index in [0.29, 0.717) is 27.6 Å². The Hall–Kier alpha value is -3.76. The number of carbonyl (C=O) groups is 4. The number of nitrogens with zero attached hydrogens (tertiary/aromatic N) is 4. The normalized spacial score (nSPS) is 14.5. The van der Waals surface area contributed by atoms with Crippen molar-refractivity contribution in [1.29, 1.82) is 0 Å². The quantitative estimate of drug-likeness (QED) is 0.0390. The van der Waals surface area contributed by atoms with Gasteiger partial charge in [-0.25, -0.2) is 0 Å². The van der Waals surface area contributed by atoms with Crippen LogP contribution in [-0.2, 0) is 12.8 Å². The van der Waals surface area contributed by atoms with Crippen LogP contribution in [0.1, 0.15) is 152 Å². The van der Waals surface area contributed by atoms with Gasteiger partial charge in [0.15, 0.2) is 0 Å². The van der Waals surface area contributed by atoms with Crippen molar-refractivity contribution in [2.45, 2.75) is 118 Å². The average Bonchev–Trinajstić information content (AvgIpc) is 3.22. The van der Waals surface area contributed by atoms with E-state index < -0.39 is 0 Å². The summed E-state index contributed by atoms with van der Waals surface area (Å²) in [7, 11) is 7.04. The van der Waals surface area contributed by atoms with Crippen molar-refractivity contribution < 1.29 is 19.2 Å². The fourth-order valence-electron chi connectivity index (χ4n) is 9.85. The Balaban J connectivity index is 1.50. The van der Waals surface area contributed by atoms with Gasteiger partial charge in [-0.2, -0.15) is 0 Å². The zero-order valence-corrected chi connectivity index (χ0v) is 37.5. The third kappa shape index (κ3) is 7.97. The van der Waals surface area contributed by atoms with E-state index in [9.17, 15) is 19.2 Å². The van der Waals surface area contributed by atoms with Crippen LogP contribution in [0.15, 0.2) is 36.4 Å². The first-order valence-electron chi connectivity index (χ1n) is 22.3. The molecule has 2 aliphatic rings. The Morgan fingerprint density at radius 3 is 1.41 bits per heavy atom. The summed E-state index contributed by atoms with van der Waals surface area (Å²) < 4.78 is 0. The molecule has 4 amide bonds. The Morgan fingerprint density at radius 2 is 0.949 bits per heavy atom. The van der Waals surface area contributed by atoms with Crippen molar-refractivity contribution in [2.24, 2.45) is 0 Å². The minimum Gasteiger partial charge on any atom is -0.303 e. The number of hydrogen-bond acceptors (Lipinski definition) is 7. The molecule has 2 aliphatic heterocycles. The molecular weight excluding hydrogens is 776 g/mol. The lowest BCUT2D eigenvalue weighted by atomic mass is 9.78. The first-order chi connectivity index (χ1) is 28.6. The second-order valence-electron chi connectivity index (χ2n) is 17.0. The molecule has 0 saturated heterocycles. The van der Waals surface area contributed by atoms with E-state index in [-0.39, 0.29) is 35.5 Å². The second-order valence-corrected chi connectivity index (χ2v) is 18.2. The van der Waals surface area contributed by atoms with Crippen molar-refractivity contribution in [2.75, 3.05) is 45.1 Å². The van der Waals surface area contributed by atoms with Gasteiger partial charge in [-0.1, -0.05) is 59.1 Å². The maximum absolute atomic E-state index is 14.5. The summed E-state index contributed by atoms with van der Waals surface area (Å²) in [4.78, 5) is 65.0. The number of unbranched alkanes of at least 4 members (excludes halogenated alkanes) is 3. The van der Waals surface area contributed by atoms with E-state index in [0.717, 1.165) is 170 Å².